The Kier molecular flexibility index (Phi) is 5.44. The highest BCUT2D eigenvalue weighted by molar-refractivity contribution is 7.17. The summed E-state index contributed by atoms with van der Waals surface area (Å²) in [6, 6.07) is 7.47. The zero-order chi connectivity index (χ0) is 20.4. The molecule has 29 heavy (non-hydrogen) atoms. The van der Waals surface area contributed by atoms with E-state index in [4.69, 9.17) is 4.74 Å². The molecule has 1 aromatic carbocycles. The number of benzene rings is 1. The third-order valence-electron chi connectivity index (χ3n) is 4.84. The van der Waals surface area contributed by atoms with Crippen LogP contribution in [0.25, 0.3) is 11.3 Å². The standard InChI is InChI=1S/C21H20FN3O3S/c1-2-28-21(27)18-14-5-3-4-6-17(14)29-20(18)23-19(26)16-11-15(24-25-16)12-7-9-13(22)10-8-12/h7-11H,2-6H2,1H3,(H,23,26)(H,24,25). The number of ether oxygens (including phenoxy) is 1. The lowest BCUT2D eigenvalue weighted by molar-refractivity contribution is 0.0526. The number of aromatic nitrogens is 2. The SMILES string of the molecule is CCOC(=O)c1c(NC(=O)c2cc(-c3ccc(F)cc3)n[nH]2)sc2c1CCCC2. The van der Waals surface area contributed by atoms with Crippen LogP contribution in [-0.4, -0.2) is 28.7 Å². The van der Waals surface area contributed by atoms with Crippen molar-refractivity contribution in [3.63, 3.8) is 0 Å². The number of H-pyrrole nitrogens is 1. The summed E-state index contributed by atoms with van der Waals surface area (Å²) in [4.78, 5) is 26.4. The molecular weight excluding hydrogens is 393 g/mol. The van der Waals surface area contributed by atoms with E-state index < -0.39 is 11.9 Å². The van der Waals surface area contributed by atoms with Gasteiger partial charge in [0.2, 0.25) is 0 Å². The van der Waals surface area contributed by atoms with Crippen LogP contribution in [0.3, 0.4) is 0 Å². The number of hydrogen-bond donors (Lipinski definition) is 2. The normalized spacial score (nSPS) is 13.0. The molecule has 8 heteroatoms. The Bertz CT molecular complexity index is 1060. The number of hydrogen-bond acceptors (Lipinski definition) is 5. The zero-order valence-electron chi connectivity index (χ0n) is 15.9. The van der Waals surface area contributed by atoms with Crippen LogP contribution in [0.15, 0.2) is 30.3 Å². The first kappa shape index (κ1) is 19.3. The van der Waals surface area contributed by atoms with E-state index in [9.17, 15) is 14.0 Å². The number of carbonyl (C=O) groups is 2. The van der Waals surface area contributed by atoms with Gasteiger partial charge in [-0.1, -0.05) is 0 Å². The third kappa shape index (κ3) is 3.93. The third-order valence-corrected chi connectivity index (χ3v) is 6.05. The summed E-state index contributed by atoms with van der Waals surface area (Å²) in [6.45, 7) is 2.04. The highest BCUT2D eigenvalue weighted by Crippen LogP contribution is 2.38. The number of amides is 1. The fourth-order valence-corrected chi connectivity index (χ4v) is 4.72. The van der Waals surface area contributed by atoms with Gasteiger partial charge in [-0.2, -0.15) is 5.10 Å². The lowest BCUT2D eigenvalue weighted by atomic mass is 9.95. The van der Waals surface area contributed by atoms with Crippen LogP contribution in [0.1, 0.15) is 51.1 Å². The molecule has 2 aromatic heterocycles. The summed E-state index contributed by atoms with van der Waals surface area (Å²) in [7, 11) is 0. The largest absolute Gasteiger partial charge is 0.462 e. The van der Waals surface area contributed by atoms with Gasteiger partial charge in [-0.15, -0.1) is 11.3 Å². The van der Waals surface area contributed by atoms with Gasteiger partial charge in [0.05, 0.1) is 17.9 Å². The van der Waals surface area contributed by atoms with E-state index in [2.05, 4.69) is 15.5 Å². The van der Waals surface area contributed by atoms with Crippen molar-refractivity contribution >= 4 is 28.2 Å². The molecule has 1 amide bonds. The van der Waals surface area contributed by atoms with Crippen molar-refractivity contribution in [2.24, 2.45) is 0 Å². The maximum absolute atomic E-state index is 13.1. The van der Waals surface area contributed by atoms with Crippen molar-refractivity contribution in [2.45, 2.75) is 32.6 Å². The summed E-state index contributed by atoms with van der Waals surface area (Å²) in [5, 5.41) is 10.2. The van der Waals surface area contributed by atoms with Crippen LogP contribution >= 0.6 is 11.3 Å². The van der Waals surface area contributed by atoms with Crippen molar-refractivity contribution in [2.75, 3.05) is 11.9 Å². The van der Waals surface area contributed by atoms with E-state index in [0.29, 0.717) is 21.8 Å². The maximum Gasteiger partial charge on any atom is 0.341 e. The summed E-state index contributed by atoms with van der Waals surface area (Å²) in [5.74, 6) is -1.13. The summed E-state index contributed by atoms with van der Waals surface area (Å²) in [5.41, 5.74) is 2.95. The highest BCUT2D eigenvalue weighted by Gasteiger charge is 2.27. The molecule has 0 fully saturated rings. The van der Waals surface area contributed by atoms with Crippen LogP contribution in [0.2, 0.25) is 0 Å². The fraction of sp³-hybridized carbons (Fsp3) is 0.286. The molecule has 0 unspecified atom stereocenters. The summed E-state index contributed by atoms with van der Waals surface area (Å²) >= 11 is 1.44. The smallest absolute Gasteiger partial charge is 0.341 e. The number of fused-ring (bicyclic) bond motifs is 1. The van der Waals surface area contributed by atoms with Crippen LogP contribution < -0.4 is 5.32 Å². The lowest BCUT2D eigenvalue weighted by Crippen LogP contribution is -2.16. The molecule has 1 aliphatic carbocycles. The Morgan fingerprint density at radius 2 is 2.00 bits per heavy atom. The van der Waals surface area contributed by atoms with Crippen molar-refractivity contribution in [1.29, 1.82) is 0 Å². The monoisotopic (exact) mass is 413 g/mol. The first-order valence-electron chi connectivity index (χ1n) is 9.51. The van der Waals surface area contributed by atoms with Crippen LogP contribution in [0, 0.1) is 5.82 Å². The molecule has 0 saturated heterocycles. The summed E-state index contributed by atoms with van der Waals surface area (Å²) in [6.07, 6.45) is 3.81. The quantitative estimate of drug-likeness (QED) is 0.600. The maximum atomic E-state index is 13.1. The van der Waals surface area contributed by atoms with Gasteiger partial charge in [-0.3, -0.25) is 9.89 Å². The average molecular weight is 413 g/mol. The average Bonchev–Trinajstić information content (AvgIpc) is 3.33. The fourth-order valence-electron chi connectivity index (χ4n) is 3.45. The molecule has 2 heterocycles. The molecule has 0 spiro atoms. The highest BCUT2D eigenvalue weighted by atomic mass is 32.1. The second-order valence-electron chi connectivity index (χ2n) is 6.76. The predicted molar refractivity (Wildman–Crippen MR) is 109 cm³/mol. The first-order chi connectivity index (χ1) is 14.1. The number of aryl methyl sites for hydroxylation is 1. The number of nitrogens with one attached hydrogen (secondary N) is 2. The molecule has 1 aliphatic rings. The number of anilines is 1. The molecule has 0 atom stereocenters. The van der Waals surface area contributed by atoms with Crippen molar-refractivity contribution < 1.29 is 18.7 Å². The van der Waals surface area contributed by atoms with Gasteiger partial charge >= 0.3 is 5.97 Å². The number of halogens is 1. The van der Waals surface area contributed by atoms with Crippen LogP contribution in [0.5, 0.6) is 0 Å². The van der Waals surface area contributed by atoms with E-state index >= 15 is 0 Å². The molecule has 0 bridgehead atoms. The Balaban J connectivity index is 1.59. The van der Waals surface area contributed by atoms with Gasteiger partial charge in [0.1, 0.15) is 16.5 Å². The minimum atomic E-state index is -0.404. The number of thiophene rings is 1. The Labute approximate surface area is 171 Å². The zero-order valence-corrected chi connectivity index (χ0v) is 16.7. The Hall–Kier alpha value is -3.00. The number of nitrogens with zero attached hydrogens (tertiary/aromatic N) is 1. The van der Waals surface area contributed by atoms with E-state index in [1.807, 2.05) is 0 Å². The minimum absolute atomic E-state index is 0.255. The van der Waals surface area contributed by atoms with Gasteiger partial charge in [0, 0.05) is 10.4 Å². The van der Waals surface area contributed by atoms with Crippen molar-refractivity contribution in [1.82, 2.24) is 10.2 Å². The lowest BCUT2D eigenvalue weighted by Gasteiger charge is -2.12. The molecule has 0 aliphatic heterocycles. The number of esters is 1. The van der Waals surface area contributed by atoms with Gasteiger partial charge in [0.15, 0.2) is 0 Å². The van der Waals surface area contributed by atoms with E-state index in [-0.39, 0.29) is 18.1 Å². The number of rotatable bonds is 5. The van der Waals surface area contributed by atoms with E-state index in [1.165, 1.54) is 23.5 Å². The molecule has 0 saturated carbocycles. The second-order valence-corrected chi connectivity index (χ2v) is 7.87. The molecule has 3 aromatic rings. The van der Waals surface area contributed by atoms with Gasteiger partial charge in [-0.05, 0) is 68.5 Å². The van der Waals surface area contributed by atoms with Crippen LogP contribution in [-0.2, 0) is 17.6 Å². The molecule has 6 nitrogen and oxygen atoms in total. The van der Waals surface area contributed by atoms with Crippen molar-refractivity contribution in [3.05, 3.63) is 57.8 Å². The molecule has 0 radical (unpaired) electrons. The second kappa shape index (κ2) is 8.16. The Morgan fingerprint density at radius 1 is 1.24 bits per heavy atom. The topological polar surface area (TPSA) is 84.1 Å². The van der Waals surface area contributed by atoms with Crippen LogP contribution in [0.4, 0.5) is 9.39 Å². The molecular formula is C21H20FN3O3S. The number of carbonyl (C=O) groups excluding carboxylic acids is 2. The Morgan fingerprint density at radius 3 is 2.76 bits per heavy atom. The van der Waals surface area contributed by atoms with Gasteiger partial charge in [-0.25, -0.2) is 9.18 Å². The van der Waals surface area contributed by atoms with Gasteiger partial charge < -0.3 is 10.1 Å². The molecule has 150 valence electrons. The minimum Gasteiger partial charge on any atom is -0.462 e. The van der Waals surface area contributed by atoms with Gasteiger partial charge in [0.25, 0.3) is 5.91 Å². The molecule has 4 rings (SSSR count). The van der Waals surface area contributed by atoms with E-state index in [1.54, 1.807) is 25.1 Å². The summed E-state index contributed by atoms with van der Waals surface area (Å²) < 4.78 is 18.3. The molecule has 2 N–H and O–H groups in total. The number of aromatic amines is 1. The van der Waals surface area contributed by atoms with E-state index in [0.717, 1.165) is 36.1 Å². The van der Waals surface area contributed by atoms with Crippen molar-refractivity contribution in [3.8, 4) is 11.3 Å². The predicted octanol–water partition coefficient (Wildman–Crippen LogP) is 4.59. The first-order valence-corrected chi connectivity index (χ1v) is 10.3.